The minimum atomic E-state index is -0.327. The highest BCUT2D eigenvalue weighted by molar-refractivity contribution is 7.25. The second kappa shape index (κ2) is 14.7. The number of hydrogen-bond acceptors (Lipinski definition) is 4. The summed E-state index contributed by atoms with van der Waals surface area (Å²) in [5, 5.41) is 2.51. The average molecular weight is 834 g/mol. The third kappa shape index (κ3) is 6.48. The lowest BCUT2D eigenvalue weighted by Crippen LogP contribution is -2.38. The standard InChI is InChI=1S/C59H51N3S/c1-36-28-37-30-38(29-36)35-59(4,34-37)44-19-13-18-42(31-44)55-60-56(43-23-27-52-48(33-43)46-20-11-12-21-51(46)63-52)62-57(61-55)47-25-24-45(40-16-9-6-10-17-40)53-49-32-41(39-14-7-5-8-15-39)22-26-50(49)58(2,3)54(47)53/h5-27,31-33,36-38H,28-30,34-35H2,1-4H3. The molecule has 2 unspecified atom stereocenters. The van der Waals surface area contributed by atoms with Gasteiger partial charge in [-0.1, -0.05) is 149 Å². The summed E-state index contributed by atoms with van der Waals surface area (Å²) < 4.78 is 2.56. The topological polar surface area (TPSA) is 38.7 Å². The van der Waals surface area contributed by atoms with E-state index in [0.29, 0.717) is 11.6 Å². The minimum absolute atomic E-state index is 0.135. The van der Waals surface area contributed by atoms with Crippen LogP contribution in [0.1, 0.15) is 76.5 Å². The van der Waals surface area contributed by atoms with E-state index >= 15 is 0 Å². The SMILES string of the molecule is CC1CC2CC(C1)CC(C)(c1cccc(-c3nc(-c4ccc5sc6ccccc6c5c4)nc(-c4ccc(-c5ccccc5)c5c4C(C)(C)c4ccc(-c6ccccc6)cc4-5)n3)c1)C2. The van der Waals surface area contributed by atoms with Gasteiger partial charge in [-0.2, -0.15) is 0 Å². The largest absolute Gasteiger partial charge is 0.208 e. The number of hydrogen-bond donors (Lipinski definition) is 0. The van der Waals surface area contributed by atoms with Crippen LogP contribution in [0.3, 0.4) is 0 Å². The van der Waals surface area contributed by atoms with Gasteiger partial charge in [0.15, 0.2) is 17.5 Å². The Balaban J connectivity index is 1.07. The molecule has 2 aromatic heterocycles. The van der Waals surface area contributed by atoms with Crippen molar-refractivity contribution in [1.29, 1.82) is 0 Å². The first kappa shape index (κ1) is 38.4. The Morgan fingerprint density at radius 2 is 1.10 bits per heavy atom. The van der Waals surface area contributed by atoms with Gasteiger partial charge in [0, 0.05) is 42.3 Å². The van der Waals surface area contributed by atoms with Gasteiger partial charge in [0.25, 0.3) is 0 Å². The Morgan fingerprint density at radius 1 is 0.476 bits per heavy atom. The smallest absolute Gasteiger partial charge is 0.164 e. The third-order valence-electron chi connectivity index (χ3n) is 14.9. The summed E-state index contributed by atoms with van der Waals surface area (Å²) in [4.78, 5) is 16.4. The van der Waals surface area contributed by atoms with E-state index in [1.54, 1.807) is 0 Å². The maximum atomic E-state index is 5.53. The van der Waals surface area contributed by atoms with Crippen LogP contribution >= 0.6 is 11.3 Å². The lowest BCUT2D eigenvalue weighted by atomic mass is 9.57. The first-order valence-electron chi connectivity index (χ1n) is 22.9. The van der Waals surface area contributed by atoms with Crippen molar-refractivity contribution in [3.63, 3.8) is 0 Å². The minimum Gasteiger partial charge on any atom is -0.208 e. The Labute approximate surface area is 375 Å². The first-order chi connectivity index (χ1) is 30.7. The predicted molar refractivity (Wildman–Crippen MR) is 264 cm³/mol. The molecule has 2 saturated carbocycles. The summed E-state index contributed by atoms with van der Waals surface area (Å²) in [6, 6.07) is 57.9. The number of aromatic nitrogens is 3. The average Bonchev–Trinajstić information content (AvgIpc) is 3.80. The lowest BCUT2D eigenvalue weighted by molar-refractivity contribution is 0.0899. The highest BCUT2D eigenvalue weighted by Gasteiger charge is 2.43. The molecule has 2 fully saturated rings. The molecule has 0 radical (unpaired) electrons. The van der Waals surface area contributed by atoms with Crippen LogP contribution in [0.25, 0.3) is 87.7 Å². The number of benzene rings is 7. The van der Waals surface area contributed by atoms with Crippen LogP contribution in [0.5, 0.6) is 0 Å². The van der Waals surface area contributed by atoms with Gasteiger partial charge in [-0.25, -0.2) is 15.0 Å². The fourth-order valence-electron chi connectivity index (χ4n) is 12.3. The van der Waals surface area contributed by atoms with E-state index < -0.39 is 0 Å². The molecule has 0 saturated heterocycles. The summed E-state index contributed by atoms with van der Waals surface area (Å²) in [7, 11) is 0. The molecule has 3 aliphatic carbocycles. The van der Waals surface area contributed by atoms with Crippen LogP contribution in [0.2, 0.25) is 0 Å². The fourth-order valence-corrected chi connectivity index (χ4v) is 13.4. The Morgan fingerprint density at radius 3 is 1.86 bits per heavy atom. The monoisotopic (exact) mass is 833 g/mol. The van der Waals surface area contributed by atoms with Gasteiger partial charge in [-0.05, 0) is 142 Å². The Hall–Kier alpha value is -6.23. The molecule has 308 valence electrons. The molecule has 2 atom stereocenters. The number of rotatable bonds is 6. The Bertz CT molecular complexity index is 3220. The van der Waals surface area contributed by atoms with Crippen LogP contribution in [-0.2, 0) is 10.8 Å². The molecule has 0 N–H and O–H groups in total. The molecule has 9 aromatic rings. The summed E-state index contributed by atoms with van der Waals surface area (Å²) in [6.45, 7) is 9.73. The van der Waals surface area contributed by atoms with Crippen LogP contribution < -0.4 is 0 Å². The van der Waals surface area contributed by atoms with Gasteiger partial charge in [-0.3, -0.25) is 0 Å². The van der Waals surface area contributed by atoms with Gasteiger partial charge in [-0.15, -0.1) is 11.3 Å². The van der Waals surface area contributed by atoms with Gasteiger partial charge in [0.1, 0.15) is 0 Å². The summed E-state index contributed by atoms with van der Waals surface area (Å²) in [6.07, 6.45) is 6.61. The zero-order valence-electron chi connectivity index (χ0n) is 36.5. The zero-order valence-corrected chi connectivity index (χ0v) is 37.3. The van der Waals surface area contributed by atoms with Crippen molar-refractivity contribution < 1.29 is 0 Å². The predicted octanol–water partition coefficient (Wildman–Crippen LogP) is 16.0. The van der Waals surface area contributed by atoms with Gasteiger partial charge < -0.3 is 0 Å². The maximum absolute atomic E-state index is 5.53. The molecule has 4 heteroatoms. The van der Waals surface area contributed by atoms with Crippen molar-refractivity contribution in [3.05, 3.63) is 174 Å². The maximum Gasteiger partial charge on any atom is 0.164 e. The van der Waals surface area contributed by atoms with E-state index in [9.17, 15) is 0 Å². The van der Waals surface area contributed by atoms with Crippen molar-refractivity contribution in [2.45, 2.75) is 70.6 Å². The van der Waals surface area contributed by atoms with Crippen molar-refractivity contribution in [2.24, 2.45) is 17.8 Å². The number of fused-ring (bicyclic) bond motifs is 8. The molecular formula is C59H51N3S. The first-order valence-corrected chi connectivity index (χ1v) is 23.7. The van der Waals surface area contributed by atoms with E-state index in [1.165, 1.54) is 102 Å². The van der Waals surface area contributed by atoms with Gasteiger partial charge in [0.2, 0.25) is 0 Å². The van der Waals surface area contributed by atoms with Crippen LogP contribution in [0, 0.1) is 17.8 Å². The lowest BCUT2D eigenvalue weighted by Gasteiger charge is -2.47. The molecule has 7 aromatic carbocycles. The molecule has 0 spiro atoms. The quantitative estimate of drug-likeness (QED) is 0.167. The molecule has 3 aliphatic rings. The molecule has 2 bridgehead atoms. The van der Waals surface area contributed by atoms with Crippen LogP contribution in [-0.4, -0.2) is 15.0 Å². The van der Waals surface area contributed by atoms with Crippen molar-refractivity contribution >= 4 is 31.5 Å². The second-order valence-corrected chi connectivity index (χ2v) is 20.8. The fraction of sp³-hybridized carbons (Fsp3) is 0.237. The number of thiophene rings is 1. The van der Waals surface area contributed by atoms with Gasteiger partial charge in [0.05, 0.1) is 0 Å². The van der Waals surface area contributed by atoms with Gasteiger partial charge >= 0.3 is 0 Å². The highest BCUT2D eigenvalue weighted by Crippen LogP contribution is 2.56. The molecule has 2 heterocycles. The van der Waals surface area contributed by atoms with E-state index in [4.69, 9.17) is 15.0 Å². The molecule has 0 amide bonds. The van der Waals surface area contributed by atoms with Crippen LogP contribution in [0.15, 0.2) is 158 Å². The molecule has 63 heavy (non-hydrogen) atoms. The zero-order chi connectivity index (χ0) is 42.5. The van der Waals surface area contributed by atoms with Crippen LogP contribution in [0.4, 0.5) is 0 Å². The van der Waals surface area contributed by atoms with Crippen molar-refractivity contribution in [3.8, 4) is 67.5 Å². The summed E-state index contributed by atoms with van der Waals surface area (Å²) in [5.74, 6) is 4.58. The second-order valence-electron chi connectivity index (χ2n) is 19.7. The molecular weight excluding hydrogens is 783 g/mol. The van der Waals surface area contributed by atoms with E-state index in [2.05, 4.69) is 185 Å². The normalized spacial score (nSPS) is 21.0. The van der Waals surface area contributed by atoms with E-state index in [0.717, 1.165) is 40.3 Å². The van der Waals surface area contributed by atoms with Crippen molar-refractivity contribution in [1.82, 2.24) is 15.0 Å². The summed E-state index contributed by atoms with van der Waals surface area (Å²) >= 11 is 1.84. The molecule has 0 aliphatic heterocycles. The Kier molecular flexibility index (Phi) is 8.96. The van der Waals surface area contributed by atoms with E-state index in [1.807, 2.05) is 11.3 Å². The van der Waals surface area contributed by atoms with E-state index in [-0.39, 0.29) is 10.8 Å². The summed E-state index contributed by atoms with van der Waals surface area (Å²) in [5.41, 5.74) is 14.3. The van der Waals surface area contributed by atoms with Crippen molar-refractivity contribution in [2.75, 3.05) is 0 Å². The highest BCUT2D eigenvalue weighted by atomic mass is 32.1. The third-order valence-corrected chi connectivity index (χ3v) is 16.1. The number of nitrogens with zero attached hydrogens (tertiary/aromatic N) is 3. The molecule has 12 rings (SSSR count). The molecule has 3 nitrogen and oxygen atoms in total.